The number of sulfonamides is 1. The van der Waals surface area contributed by atoms with Crippen molar-refractivity contribution in [3.05, 3.63) is 66.0 Å². The summed E-state index contributed by atoms with van der Waals surface area (Å²) in [6, 6.07) is 15.4. The van der Waals surface area contributed by atoms with Crippen LogP contribution in [0.15, 0.2) is 54.7 Å². The SMILES string of the molecule is CS(=O)(=O)Nc1cccc2c1ccn2CC(=O)N1CCc2[nH]c3ccccc3c2C1. The molecule has 8 heteroatoms. The number of H-pyrrole nitrogens is 1. The second-order valence-electron chi connectivity index (χ2n) is 7.75. The molecule has 0 unspecified atom stereocenters. The number of aromatic amines is 1. The minimum atomic E-state index is -3.38. The Kier molecular flexibility index (Phi) is 4.32. The van der Waals surface area contributed by atoms with Crippen molar-refractivity contribution in [2.75, 3.05) is 17.5 Å². The molecule has 7 nitrogen and oxygen atoms in total. The number of nitrogens with one attached hydrogen (secondary N) is 2. The minimum absolute atomic E-state index is 0.0462. The maximum Gasteiger partial charge on any atom is 0.242 e. The molecule has 0 bridgehead atoms. The summed E-state index contributed by atoms with van der Waals surface area (Å²) in [6.45, 7) is 1.49. The Hall–Kier alpha value is -3.26. The summed E-state index contributed by atoms with van der Waals surface area (Å²) in [5.74, 6) is 0.0462. The first-order valence-electron chi connectivity index (χ1n) is 9.81. The van der Waals surface area contributed by atoms with Gasteiger partial charge < -0.3 is 14.5 Å². The smallest absolute Gasteiger partial charge is 0.242 e. The van der Waals surface area contributed by atoms with E-state index in [4.69, 9.17) is 0 Å². The maximum atomic E-state index is 13.1. The Morgan fingerprint density at radius 3 is 2.77 bits per heavy atom. The molecule has 0 saturated carbocycles. The molecule has 0 aliphatic carbocycles. The van der Waals surface area contributed by atoms with E-state index in [-0.39, 0.29) is 12.5 Å². The molecule has 30 heavy (non-hydrogen) atoms. The number of rotatable bonds is 4. The predicted octanol–water partition coefficient (Wildman–Crippen LogP) is 3.08. The van der Waals surface area contributed by atoms with Gasteiger partial charge in [0.05, 0.1) is 17.5 Å². The molecule has 2 aromatic carbocycles. The minimum Gasteiger partial charge on any atom is -0.358 e. The summed E-state index contributed by atoms with van der Waals surface area (Å²) in [4.78, 5) is 18.4. The highest BCUT2D eigenvalue weighted by atomic mass is 32.2. The van der Waals surface area contributed by atoms with Gasteiger partial charge in [-0.2, -0.15) is 0 Å². The fourth-order valence-electron chi connectivity index (χ4n) is 4.28. The number of carbonyl (C=O) groups excluding carboxylic acids is 1. The second kappa shape index (κ2) is 6.91. The molecule has 2 aromatic heterocycles. The number of carbonyl (C=O) groups is 1. The van der Waals surface area contributed by atoms with Crippen LogP contribution in [0.4, 0.5) is 5.69 Å². The molecule has 0 atom stereocenters. The van der Waals surface area contributed by atoms with Crippen molar-refractivity contribution in [2.45, 2.75) is 19.5 Å². The van der Waals surface area contributed by atoms with Crippen molar-refractivity contribution in [3.63, 3.8) is 0 Å². The Morgan fingerprint density at radius 1 is 1.10 bits per heavy atom. The van der Waals surface area contributed by atoms with E-state index in [1.165, 1.54) is 16.6 Å². The van der Waals surface area contributed by atoms with Gasteiger partial charge >= 0.3 is 0 Å². The van der Waals surface area contributed by atoms with Crippen molar-refractivity contribution < 1.29 is 13.2 Å². The lowest BCUT2D eigenvalue weighted by Gasteiger charge is -2.27. The molecule has 5 rings (SSSR count). The number of fused-ring (bicyclic) bond motifs is 4. The van der Waals surface area contributed by atoms with Crippen LogP contribution in [0.3, 0.4) is 0 Å². The number of para-hydroxylation sites is 1. The number of hydrogen-bond acceptors (Lipinski definition) is 3. The third kappa shape index (κ3) is 3.33. The number of benzene rings is 2. The van der Waals surface area contributed by atoms with Crippen LogP contribution in [0.25, 0.3) is 21.8 Å². The van der Waals surface area contributed by atoms with Gasteiger partial charge in [0.25, 0.3) is 0 Å². The molecule has 0 radical (unpaired) electrons. The topological polar surface area (TPSA) is 87.2 Å². The molecule has 2 N–H and O–H groups in total. The van der Waals surface area contributed by atoms with Crippen molar-refractivity contribution in [3.8, 4) is 0 Å². The highest BCUT2D eigenvalue weighted by molar-refractivity contribution is 7.92. The van der Waals surface area contributed by atoms with Crippen LogP contribution in [0.5, 0.6) is 0 Å². The molecule has 0 fully saturated rings. The zero-order valence-corrected chi connectivity index (χ0v) is 17.4. The molecule has 3 heterocycles. The van der Waals surface area contributed by atoms with E-state index in [0.29, 0.717) is 18.8 Å². The molecule has 4 aromatic rings. The molecule has 0 saturated heterocycles. The largest absolute Gasteiger partial charge is 0.358 e. The lowest BCUT2D eigenvalue weighted by atomic mass is 10.0. The van der Waals surface area contributed by atoms with Crippen molar-refractivity contribution in [1.82, 2.24) is 14.5 Å². The monoisotopic (exact) mass is 422 g/mol. The highest BCUT2D eigenvalue weighted by Gasteiger charge is 2.24. The molecule has 0 spiro atoms. The van der Waals surface area contributed by atoms with Crippen LogP contribution in [0.1, 0.15) is 11.3 Å². The van der Waals surface area contributed by atoms with Crippen LogP contribution < -0.4 is 4.72 Å². The lowest BCUT2D eigenvalue weighted by molar-refractivity contribution is -0.132. The van der Waals surface area contributed by atoms with E-state index < -0.39 is 10.0 Å². The van der Waals surface area contributed by atoms with Gasteiger partial charge in [-0.3, -0.25) is 9.52 Å². The van der Waals surface area contributed by atoms with E-state index in [2.05, 4.69) is 21.8 Å². The number of amides is 1. The summed E-state index contributed by atoms with van der Waals surface area (Å²) in [5.41, 5.74) is 4.86. The van der Waals surface area contributed by atoms with Crippen LogP contribution in [-0.4, -0.2) is 41.6 Å². The summed E-state index contributed by atoms with van der Waals surface area (Å²) in [7, 11) is -3.38. The molecule has 1 aliphatic heterocycles. The zero-order chi connectivity index (χ0) is 20.9. The zero-order valence-electron chi connectivity index (χ0n) is 16.6. The van der Waals surface area contributed by atoms with Crippen LogP contribution in [0, 0.1) is 0 Å². The number of anilines is 1. The van der Waals surface area contributed by atoms with Gasteiger partial charge in [0.15, 0.2) is 0 Å². The molecule has 1 aliphatic rings. The van der Waals surface area contributed by atoms with Crippen molar-refractivity contribution in [2.24, 2.45) is 0 Å². The fourth-order valence-corrected chi connectivity index (χ4v) is 4.85. The lowest BCUT2D eigenvalue weighted by Crippen LogP contribution is -2.37. The number of nitrogens with zero attached hydrogens (tertiary/aromatic N) is 2. The van der Waals surface area contributed by atoms with Gasteiger partial charge in [0, 0.05) is 53.3 Å². The van der Waals surface area contributed by atoms with Crippen molar-refractivity contribution in [1.29, 1.82) is 0 Å². The van der Waals surface area contributed by atoms with E-state index in [1.807, 2.05) is 39.9 Å². The summed E-state index contributed by atoms with van der Waals surface area (Å²) >= 11 is 0. The number of aromatic nitrogens is 2. The highest BCUT2D eigenvalue weighted by Crippen LogP contribution is 2.29. The predicted molar refractivity (Wildman–Crippen MR) is 118 cm³/mol. The van der Waals surface area contributed by atoms with E-state index >= 15 is 0 Å². The first-order valence-corrected chi connectivity index (χ1v) is 11.7. The van der Waals surface area contributed by atoms with Crippen LogP contribution in [0.2, 0.25) is 0 Å². The Bertz CT molecular complexity index is 1380. The molecular weight excluding hydrogens is 400 g/mol. The summed E-state index contributed by atoms with van der Waals surface area (Å²) in [5, 5.41) is 1.95. The van der Waals surface area contributed by atoms with Crippen LogP contribution in [-0.2, 0) is 34.3 Å². The fraction of sp³-hybridized carbons (Fsp3) is 0.227. The van der Waals surface area contributed by atoms with E-state index in [0.717, 1.165) is 29.1 Å². The third-order valence-corrected chi connectivity index (χ3v) is 6.24. The third-order valence-electron chi connectivity index (χ3n) is 5.65. The molecule has 1 amide bonds. The van der Waals surface area contributed by atoms with Gasteiger partial charge in [-0.05, 0) is 24.3 Å². The van der Waals surface area contributed by atoms with Crippen LogP contribution >= 0.6 is 0 Å². The Balaban J connectivity index is 1.40. The first kappa shape index (κ1) is 18.7. The molecule has 154 valence electrons. The normalized spacial score (nSPS) is 14.2. The van der Waals surface area contributed by atoms with Gasteiger partial charge in [-0.25, -0.2) is 8.42 Å². The van der Waals surface area contributed by atoms with E-state index in [1.54, 1.807) is 12.1 Å². The molecular formula is C22H22N4O3S. The van der Waals surface area contributed by atoms with Gasteiger partial charge in [0.2, 0.25) is 15.9 Å². The van der Waals surface area contributed by atoms with Gasteiger partial charge in [0.1, 0.15) is 6.54 Å². The summed E-state index contributed by atoms with van der Waals surface area (Å²) < 4.78 is 27.7. The number of hydrogen-bond donors (Lipinski definition) is 2. The van der Waals surface area contributed by atoms with Crippen molar-refractivity contribution >= 4 is 43.4 Å². The Morgan fingerprint density at radius 2 is 1.93 bits per heavy atom. The van der Waals surface area contributed by atoms with E-state index in [9.17, 15) is 13.2 Å². The Labute approximate surface area is 174 Å². The summed E-state index contributed by atoms with van der Waals surface area (Å²) in [6.07, 6.45) is 3.77. The quantitative estimate of drug-likeness (QED) is 0.530. The maximum absolute atomic E-state index is 13.1. The van der Waals surface area contributed by atoms with Gasteiger partial charge in [-0.15, -0.1) is 0 Å². The first-order chi connectivity index (χ1) is 14.4. The van der Waals surface area contributed by atoms with Gasteiger partial charge in [-0.1, -0.05) is 24.3 Å². The standard InChI is InChI=1S/C22H22N4O3S/c1-30(28,29)24-20-7-4-8-21-16(20)9-11-25(21)14-22(27)26-12-10-19-17(13-26)15-5-2-3-6-18(15)23-19/h2-9,11,23-24H,10,12-14H2,1H3. The average Bonchev–Trinajstić information content (AvgIpc) is 3.28. The average molecular weight is 423 g/mol. The second-order valence-corrected chi connectivity index (χ2v) is 9.50.